The van der Waals surface area contributed by atoms with Crippen molar-refractivity contribution in [2.45, 2.75) is 20.3 Å². The van der Waals surface area contributed by atoms with Crippen LogP contribution in [0.2, 0.25) is 0 Å². The Bertz CT molecular complexity index is 642. The summed E-state index contributed by atoms with van der Waals surface area (Å²) in [4.78, 5) is 28.0. The standard InChI is InChI=1S/C15H16N2O3S/c1-3-9-17-13(18)12(21-15(17)19)14-16(4-2)10-7-5-6-8-11(10)20-14/h5-8H,3-4,9H2,1-2H3. The average molecular weight is 304 g/mol. The van der Waals surface area contributed by atoms with Crippen LogP contribution in [0.4, 0.5) is 10.5 Å². The minimum Gasteiger partial charge on any atom is -0.437 e. The second kappa shape index (κ2) is 5.44. The van der Waals surface area contributed by atoms with Crippen LogP contribution in [-0.4, -0.2) is 29.1 Å². The van der Waals surface area contributed by atoms with E-state index in [-0.39, 0.29) is 11.1 Å². The molecule has 5 nitrogen and oxygen atoms in total. The fourth-order valence-electron chi connectivity index (χ4n) is 2.46. The van der Waals surface area contributed by atoms with Gasteiger partial charge in [0.1, 0.15) is 4.91 Å². The van der Waals surface area contributed by atoms with Crippen LogP contribution in [0.25, 0.3) is 0 Å². The number of carbonyl (C=O) groups is 2. The Labute approximate surface area is 127 Å². The first kappa shape index (κ1) is 14.0. The Balaban J connectivity index is 2.01. The highest BCUT2D eigenvalue weighted by atomic mass is 32.2. The molecule has 2 heterocycles. The molecule has 0 aromatic heterocycles. The summed E-state index contributed by atoms with van der Waals surface area (Å²) in [6, 6.07) is 7.62. The highest BCUT2D eigenvalue weighted by Gasteiger charge is 2.41. The summed E-state index contributed by atoms with van der Waals surface area (Å²) >= 11 is 0.959. The summed E-state index contributed by atoms with van der Waals surface area (Å²) in [5.74, 6) is 0.936. The van der Waals surface area contributed by atoms with Crippen LogP contribution >= 0.6 is 11.8 Å². The number of fused-ring (bicyclic) bond motifs is 1. The van der Waals surface area contributed by atoms with Gasteiger partial charge in [0.05, 0.1) is 5.69 Å². The Morgan fingerprint density at radius 3 is 2.62 bits per heavy atom. The molecule has 2 aliphatic heterocycles. The Kier molecular flexibility index (Phi) is 3.63. The maximum atomic E-state index is 12.4. The summed E-state index contributed by atoms with van der Waals surface area (Å²) in [7, 11) is 0. The molecule has 3 rings (SSSR count). The van der Waals surface area contributed by atoms with Gasteiger partial charge in [0.2, 0.25) is 5.88 Å². The molecule has 6 heteroatoms. The van der Waals surface area contributed by atoms with Crippen molar-refractivity contribution in [3.63, 3.8) is 0 Å². The monoisotopic (exact) mass is 304 g/mol. The lowest BCUT2D eigenvalue weighted by molar-refractivity contribution is -0.122. The van der Waals surface area contributed by atoms with Crippen molar-refractivity contribution in [1.29, 1.82) is 0 Å². The number of ether oxygens (including phenoxy) is 1. The van der Waals surface area contributed by atoms with Gasteiger partial charge in [-0.2, -0.15) is 0 Å². The number of hydrogen-bond donors (Lipinski definition) is 0. The maximum Gasteiger partial charge on any atom is 0.293 e. The third kappa shape index (κ3) is 2.19. The van der Waals surface area contributed by atoms with Crippen molar-refractivity contribution in [1.82, 2.24) is 4.90 Å². The molecule has 2 aliphatic rings. The van der Waals surface area contributed by atoms with Gasteiger partial charge in [0.25, 0.3) is 11.1 Å². The SMILES string of the molecule is CCCN1C(=O)SC(=C2Oc3ccccc3N2CC)C1=O. The Morgan fingerprint density at radius 2 is 1.90 bits per heavy atom. The van der Waals surface area contributed by atoms with Crippen LogP contribution in [0.1, 0.15) is 20.3 Å². The topological polar surface area (TPSA) is 49.9 Å². The van der Waals surface area contributed by atoms with E-state index < -0.39 is 0 Å². The van der Waals surface area contributed by atoms with Gasteiger partial charge in [-0.1, -0.05) is 19.1 Å². The van der Waals surface area contributed by atoms with Crippen molar-refractivity contribution >= 4 is 28.6 Å². The van der Waals surface area contributed by atoms with Crippen molar-refractivity contribution in [2.24, 2.45) is 0 Å². The van der Waals surface area contributed by atoms with E-state index in [1.807, 2.05) is 43.0 Å². The zero-order chi connectivity index (χ0) is 15.0. The van der Waals surface area contributed by atoms with Gasteiger partial charge in [-0.05, 0) is 37.2 Å². The molecular formula is C15H16N2O3S. The number of para-hydroxylation sites is 2. The minimum atomic E-state index is -0.256. The molecule has 0 N–H and O–H groups in total. The number of imide groups is 1. The van der Waals surface area contributed by atoms with Gasteiger partial charge in [-0.15, -0.1) is 0 Å². The number of anilines is 1. The normalized spacial score (nSPS) is 21.0. The summed E-state index contributed by atoms with van der Waals surface area (Å²) in [5.41, 5.74) is 0.928. The van der Waals surface area contributed by atoms with Gasteiger partial charge >= 0.3 is 0 Å². The van der Waals surface area contributed by atoms with Crippen LogP contribution in [-0.2, 0) is 4.79 Å². The molecule has 1 fully saturated rings. The Morgan fingerprint density at radius 1 is 1.14 bits per heavy atom. The molecule has 0 aliphatic carbocycles. The molecule has 1 saturated heterocycles. The summed E-state index contributed by atoms with van der Waals surface area (Å²) in [6.45, 7) is 5.05. The third-order valence-corrected chi connectivity index (χ3v) is 4.36. The number of carbonyl (C=O) groups excluding carboxylic acids is 2. The first-order valence-corrected chi connectivity index (χ1v) is 7.81. The van der Waals surface area contributed by atoms with Crippen molar-refractivity contribution in [3.8, 4) is 5.75 Å². The number of amides is 2. The van der Waals surface area contributed by atoms with Gasteiger partial charge in [-0.25, -0.2) is 0 Å². The molecule has 110 valence electrons. The first-order valence-electron chi connectivity index (χ1n) is 6.99. The van der Waals surface area contributed by atoms with Crippen LogP contribution in [0, 0.1) is 0 Å². The van der Waals surface area contributed by atoms with Crippen LogP contribution in [0.5, 0.6) is 5.75 Å². The molecule has 0 saturated carbocycles. The van der Waals surface area contributed by atoms with Crippen LogP contribution < -0.4 is 9.64 Å². The quantitative estimate of drug-likeness (QED) is 0.803. The maximum absolute atomic E-state index is 12.4. The van der Waals surface area contributed by atoms with Crippen molar-refractivity contribution in [2.75, 3.05) is 18.0 Å². The molecule has 21 heavy (non-hydrogen) atoms. The molecule has 0 radical (unpaired) electrons. The number of nitrogens with zero attached hydrogens (tertiary/aromatic N) is 2. The number of hydrogen-bond acceptors (Lipinski definition) is 5. The number of thioether (sulfide) groups is 1. The second-order valence-electron chi connectivity index (χ2n) is 4.77. The first-order chi connectivity index (χ1) is 10.2. The van der Waals surface area contributed by atoms with Crippen molar-refractivity contribution < 1.29 is 14.3 Å². The third-order valence-electron chi connectivity index (χ3n) is 3.41. The second-order valence-corrected chi connectivity index (χ2v) is 5.73. The highest BCUT2D eigenvalue weighted by Crippen LogP contribution is 2.43. The predicted molar refractivity (Wildman–Crippen MR) is 82.1 cm³/mol. The van der Waals surface area contributed by atoms with Gasteiger partial charge < -0.3 is 9.64 Å². The van der Waals surface area contributed by atoms with E-state index in [1.165, 1.54) is 4.90 Å². The molecule has 0 spiro atoms. The Hall–Kier alpha value is -1.95. The molecule has 1 aromatic rings. The predicted octanol–water partition coefficient (Wildman–Crippen LogP) is 3.18. The van der Waals surface area contributed by atoms with E-state index in [0.717, 1.165) is 29.6 Å². The van der Waals surface area contributed by atoms with Crippen LogP contribution in [0.15, 0.2) is 35.1 Å². The minimum absolute atomic E-state index is 0.222. The number of benzene rings is 1. The molecule has 1 aromatic carbocycles. The lowest BCUT2D eigenvalue weighted by Gasteiger charge is -2.16. The molecule has 2 amide bonds. The van der Waals surface area contributed by atoms with Gasteiger partial charge in [0.15, 0.2) is 5.75 Å². The lowest BCUT2D eigenvalue weighted by atomic mass is 10.3. The largest absolute Gasteiger partial charge is 0.437 e. The fourth-order valence-corrected chi connectivity index (χ4v) is 3.36. The smallest absolute Gasteiger partial charge is 0.293 e. The van der Waals surface area contributed by atoms with Crippen molar-refractivity contribution in [3.05, 3.63) is 35.1 Å². The van der Waals surface area contributed by atoms with E-state index in [0.29, 0.717) is 23.9 Å². The molecule has 0 bridgehead atoms. The average Bonchev–Trinajstić information content (AvgIpc) is 2.99. The van der Waals surface area contributed by atoms with Crippen LogP contribution in [0.3, 0.4) is 0 Å². The lowest BCUT2D eigenvalue weighted by Crippen LogP contribution is -2.30. The zero-order valence-corrected chi connectivity index (χ0v) is 12.8. The van der Waals surface area contributed by atoms with E-state index in [1.54, 1.807) is 0 Å². The zero-order valence-electron chi connectivity index (χ0n) is 12.0. The summed E-state index contributed by atoms with van der Waals surface area (Å²) < 4.78 is 5.82. The number of rotatable bonds is 3. The van der Waals surface area contributed by atoms with E-state index in [9.17, 15) is 9.59 Å². The highest BCUT2D eigenvalue weighted by molar-refractivity contribution is 8.18. The van der Waals surface area contributed by atoms with E-state index in [2.05, 4.69) is 0 Å². The van der Waals surface area contributed by atoms with Gasteiger partial charge in [-0.3, -0.25) is 14.5 Å². The van der Waals surface area contributed by atoms with E-state index in [4.69, 9.17) is 4.74 Å². The molecule has 0 atom stereocenters. The molecular weight excluding hydrogens is 288 g/mol. The fraction of sp³-hybridized carbons (Fsp3) is 0.333. The summed E-state index contributed by atoms with van der Waals surface area (Å²) in [6.07, 6.45) is 0.749. The van der Waals surface area contributed by atoms with E-state index >= 15 is 0 Å². The van der Waals surface area contributed by atoms with Gasteiger partial charge in [0, 0.05) is 13.1 Å². The summed E-state index contributed by atoms with van der Waals surface area (Å²) in [5, 5.41) is -0.222. The molecule has 0 unspecified atom stereocenters.